The summed E-state index contributed by atoms with van der Waals surface area (Å²) in [6.45, 7) is 5.00. The second-order valence-corrected chi connectivity index (χ2v) is 11.7. The Morgan fingerprint density at radius 1 is 1.09 bits per heavy atom. The molecule has 8 heteroatoms. The van der Waals surface area contributed by atoms with Gasteiger partial charge < -0.3 is 10.2 Å². The Labute approximate surface area is 208 Å². The van der Waals surface area contributed by atoms with E-state index in [1.807, 2.05) is 32.0 Å². The molecule has 7 nitrogen and oxygen atoms in total. The zero-order chi connectivity index (χ0) is 25.0. The lowest BCUT2D eigenvalue weighted by molar-refractivity contribution is -0.135. The molecule has 0 spiro atoms. The van der Waals surface area contributed by atoms with Crippen LogP contribution in [-0.2, 0) is 32.5 Å². The van der Waals surface area contributed by atoms with E-state index in [4.69, 9.17) is 0 Å². The average Bonchev–Trinajstić information content (AvgIpc) is 3.03. The van der Waals surface area contributed by atoms with Crippen LogP contribution in [0, 0.1) is 11.8 Å². The van der Waals surface area contributed by atoms with Crippen molar-refractivity contribution in [2.75, 3.05) is 18.4 Å². The van der Waals surface area contributed by atoms with Gasteiger partial charge in [0.1, 0.15) is 6.04 Å². The molecule has 2 aromatic carbocycles. The van der Waals surface area contributed by atoms with Gasteiger partial charge in [0.2, 0.25) is 21.8 Å². The number of rotatable bonds is 7. The topological polar surface area (TPSA) is 95.6 Å². The lowest BCUT2D eigenvalue weighted by atomic mass is 9.89. The molecule has 188 valence electrons. The Bertz CT molecular complexity index is 1160. The zero-order valence-electron chi connectivity index (χ0n) is 20.5. The van der Waals surface area contributed by atoms with Crippen LogP contribution in [0.2, 0.25) is 0 Å². The summed E-state index contributed by atoms with van der Waals surface area (Å²) < 4.78 is 29.2. The maximum absolute atomic E-state index is 13.4. The van der Waals surface area contributed by atoms with Crippen molar-refractivity contribution in [3.05, 3.63) is 59.7 Å². The number of hydrogen-bond donors (Lipinski definition) is 2. The fraction of sp³-hybridized carbons (Fsp3) is 0.481. The highest BCUT2D eigenvalue weighted by Crippen LogP contribution is 2.26. The Hall–Kier alpha value is -2.71. The smallest absolute Gasteiger partial charge is 0.241 e. The molecule has 0 aromatic heterocycles. The molecule has 2 heterocycles. The van der Waals surface area contributed by atoms with Gasteiger partial charge in [0, 0.05) is 25.2 Å². The lowest BCUT2D eigenvalue weighted by Crippen LogP contribution is -2.53. The summed E-state index contributed by atoms with van der Waals surface area (Å²) >= 11 is 0. The first-order valence-corrected chi connectivity index (χ1v) is 14.0. The van der Waals surface area contributed by atoms with Gasteiger partial charge in [-0.3, -0.25) is 9.59 Å². The molecule has 0 unspecified atom stereocenters. The number of amides is 2. The SMILES string of the molecule is CC(C)[C@@H](NS(=O)(=O)c1ccc2c(c1)CCCC(=O)N2)C(=O)N1CCC(Cc2ccccc2)CC1. The highest BCUT2D eigenvalue weighted by Gasteiger charge is 2.33. The zero-order valence-corrected chi connectivity index (χ0v) is 21.3. The summed E-state index contributed by atoms with van der Waals surface area (Å²) in [6, 6.07) is 14.3. The van der Waals surface area contributed by atoms with Gasteiger partial charge in [-0.2, -0.15) is 4.72 Å². The normalized spacial score (nSPS) is 18.0. The maximum atomic E-state index is 13.4. The Balaban J connectivity index is 1.42. The monoisotopic (exact) mass is 497 g/mol. The molecule has 2 aromatic rings. The molecule has 2 aliphatic heterocycles. The van der Waals surface area contributed by atoms with Gasteiger partial charge in [0.25, 0.3) is 0 Å². The van der Waals surface area contributed by atoms with E-state index >= 15 is 0 Å². The molecular formula is C27H35N3O4S. The van der Waals surface area contributed by atoms with Crippen molar-refractivity contribution in [1.29, 1.82) is 0 Å². The number of aryl methyl sites for hydroxylation is 1. The van der Waals surface area contributed by atoms with Crippen molar-refractivity contribution in [1.82, 2.24) is 9.62 Å². The van der Waals surface area contributed by atoms with Gasteiger partial charge in [0.15, 0.2) is 0 Å². The highest BCUT2D eigenvalue weighted by atomic mass is 32.2. The predicted molar refractivity (Wildman–Crippen MR) is 136 cm³/mol. The third-order valence-electron chi connectivity index (χ3n) is 7.02. The quantitative estimate of drug-likeness (QED) is 0.609. The van der Waals surface area contributed by atoms with E-state index < -0.39 is 16.1 Å². The third kappa shape index (κ3) is 6.30. The first-order valence-electron chi connectivity index (χ1n) is 12.5. The van der Waals surface area contributed by atoms with Gasteiger partial charge in [-0.25, -0.2) is 8.42 Å². The Morgan fingerprint density at radius 2 is 1.80 bits per heavy atom. The largest absolute Gasteiger partial charge is 0.341 e. The molecule has 0 radical (unpaired) electrons. The van der Waals surface area contributed by atoms with E-state index in [0.29, 0.717) is 44.0 Å². The number of carbonyl (C=O) groups excluding carboxylic acids is 2. The van der Waals surface area contributed by atoms with Crippen molar-refractivity contribution >= 4 is 27.5 Å². The van der Waals surface area contributed by atoms with Crippen molar-refractivity contribution in [2.45, 2.75) is 63.3 Å². The van der Waals surface area contributed by atoms with Gasteiger partial charge in [-0.05, 0) is 73.3 Å². The second-order valence-electron chi connectivity index (χ2n) is 10.0. The molecular weight excluding hydrogens is 462 g/mol. The summed E-state index contributed by atoms with van der Waals surface area (Å²) in [5.41, 5.74) is 2.76. The number of hydrogen-bond acceptors (Lipinski definition) is 4. The third-order valence-corrected chi connectivity index (χ3v) is 8.46. The molecule has 1 saturated heterocycles. The molecule has 0 bridgehead atoms. The van der Waals surface area contributed by atoms with E-state index in [1.54, 1.807) is 17.0 Å². The summed E-state index contributed by atoms with van der Waals surface area (Å²) in [4.78, 5) is 27.1. The van der Waals surface area contributed by atoms with Crippen molar-refractivity contribution in [3.8, 4) is 0 Å². The predicted octanol–water partition coefficient (Wildman–Crippen LogP) is 3.75. The minimum Gasteiger partial charge on any atom is -0.341 e. The molecule has 0 aliphatic carbocycles. The highest BCUT2D eigenvalue weighted by molar-refractivity contribution is 7.89. The minimum absolute atomic E-state index is 0.0597. The van der Waals surface area contributed by atoms with Crippen LogP contribution >= 0.6 is 0 Å². The number of benzene rings is 2. The number of nitrogens with zero attached hydrogens (tertiary/aromatic N) is 1. The number of nitrogens with one attached hydrogen (secondary N) is 2. The number of carbonyl (C=O) groups is 2. The van der Waals surface area contributed by atoms with E-state index in [9.17, 15) is 18.0 Å². The lowest BCUT2D eigenvalue weighted by Gasteiger charge is -2.35. The number of sulfonamides is 1. The van der Waals surface area contributed by atoms with E-state index in [1.165, 1.54) is 11.6 Å². The van der Waals surface area contributed by atoms with E-state index in [2.05, 4.69) is 22.2 Å². The van der Waals surface area contributed by atoms with Gasteiger partial charge in [-0.1, -0.05) is 44.2 Å². The van der Waals surface area contributed by atoms with Crippen molar-refractivity contribution in [2.24, 2.45) is 11.8 Å². The number of anilines is 1. The molecule has 1 atom stereocenters. The van der Waals surface area contributed by atoms with Gasteiger partial charge in [0.05, 0.1) is 4.90 Å². The van der Waals surface area contributed by atoms with Crippen LogP contribution in [0.25, 0.3) is 0 Å². The minimum atomic E-state index is -3.91. The van der Waals surface area contributed by atoms with Crippen LogP contribution in [0.4, 0.5) is 5.69 Å². The number of fused-ring (bicyclic) bond motifs is 1. The standard InChI is InChI=1S/C27H35N3O4S/c1-19(2)26(27(32)30-15-13-21(14-16-30)17-20-7-4-3-5-8-20)29-35(33,34)23-11-12-24-22(18-23)9-6-10-25(31)28-24/h3-5,7-8,11-12,18-19,21,26,29H,6,9-10,13-17H2,1-2H3,(H,28,31)/t26-/m1/s1. The molecule has 2 amide bonds. The van der Waals surface area contributed by atoms with Crippen LogP contribution in [0.1, 0.15) is 50.7 Å². The molecule has 1 fully saturated rings. The number of likely N-dealkylation sites (tertiary alicyclic amines) is 1. The van der Waals surface area contributed by atoms with E-state index in [-0.39, 0.29) is 22.6 Å². The summed E-state index contributed by atoms with van der Waals surface area (Å²) in [5.74, 6) is 0.106. The van der Waals surface area contributed by atoms with Crippen LogP contribution in [0.5, 0.6) is 0 Å². The van der Waals surface area contributed by atoms with Crippen LogP contribution in [-0.4, -0.2) is 44.3 Å². The first kappa shape index (κ1) is 25.4. The maximum Gasteiger partial charge on any atom is 0.241 e. The second kappa shape index (κ2) is 10.9. The first-order chi connectivity index (χ1) is 16.7. The van der Waals surface area contributed by atoms with E-state index in [0.717, 1.165) is 24.8 Å². The van der Waals surface area contributed by atoms with Gasteiger partial charge in [-0.15, -0.1) is 0 Å². The fourth-order valence-electron chi connectivity index (χ4n) is 4.93. The Morgan fingerprint density at radius 3 is 2.49 bits per heavy atom. The summed E-state index contributed by atoms with van der Waals surface area (Å²) in [6.07, 6.45) is 4.54. The van der Waals surface area contributed by atoms with Gasteiger partial charge >= 0.3 is 0 Å². The van der Waals surface area contributed by atoms with Crippen molar-refractivity contribution in [3.63, 3.8) is 0 Å². The summed E-state index contributed by atoms with van der Waals surface area (Å²) in [5, 5.41) is 2.83. The van der Waals surface area contributed by atoms with Crippen LogP contribution < -0.4 is 10.0 Å². The van der Waals surface area contributed by atoms with Crippen LogP contribution in [0.15, 0.2) is 53.4 Å². The number of piperidine rings is 1. The molecule has 4 rings (SSSR count). The average molecular weight is 498 g/mol. The Kier molecular flexibility index (Phi) is 7.91. The van der Waals surface area contributed by atoms with Crippen LogP contribution in [0.3, 0.4) is 0 Å². The molecule has 2 aliphatic rings. The fourth-order valence-corrected chi connectivity index (χ4v) is 6.31. The molecule has 0 saturated carbocycles. The summed E-state index contributed by atoms with van der Waals surface area (Å²) in [7, 11) is -3.91. The molecule has 35 heavy (non-hydrogen) atoms. The van der Waals surface area contributed by atoms with Crippen molar-refractivity contribution < 1.29 is 18.0 Å². The molecule has 2 N–H and O–H groups in total.